The Labute approximate surface area is 154 Å². The third-order valence-corrected chi connectivity index (χ3v) is 5.43. The van der Waals surface area contributed by atoms with Crippen LogP contribution in [0.5, 0.6) is 0 Å². The molecule has 0 saturated heterocycles. The molecule has 26 heavy (non-hydrogen) atoms. The minimum Gasteiger partial charge on any atom is -0.458 e. The Bertz CT molecular complexity index is 975. The summed E-state index contributed by atoms with van der Waals surface area (Å²) in [6.07, 6.45) is -0.350. The van der Waals surface area contributed by atoms with Gasteiger partial charge in [-0.25, -0.2) is 0 Å². The molecule has 5 nitrogen and oxygen atoms in total. The highest BCUT2D eigenvalue weighted by Crippen LogP contribution is 2.43. The number of benzene rings is 1. The fourth-order valence-electron chi connectivity index (χ4n) is 3.30. The molecule has 4 rings (SSSR count). The first-order chi connectivity index (χ1) is 12.5. The number of hydrogen-bond acceptors (Lipinski definition) is 5. The Hall–Kier alpha value is -2.70. The zero-order valence-corrected chi connectivity index (χ0v) is 15.0. The Kier molecular flexibility index (Phi) is 4.01. The van der Waals surface area contributed by atoms with Gasteiger partial charge in [0.25, 0.3) is 5.91 Å². The van der Waals surface area contributed by atoms with E-state index in [2.05, 4.69) is 0 Å². The van der Waals surface area contributed by atoms with Gasteiger partial charge in [0.2, 0.25) is 5.78 Å². The van der Waals surface area contributed by atoms with Crippen molar-refractivity contribution in [2.24, 2.45) is 0 Å². The predicted octanol–water partition coefficient (Wildman–Crippen LogP) is 3.66. The molecule has 1 unspecified atom stereocenters. The Morgan fingerprint density at radius 3 is 2.69 bits per heavy atom. The van der Waals surface area contributed by atoms with Crippen LogP contribution in [0.3, 0.4) is 0 Å². The summed E-state index contributed by atoms with van der Waals surface area (Å²) in [7, 11) is 0. The van der Waals surface area contributed by atoms with Crippen molar-refractivity contribution in [1.29, 1.82) is 0 Å². The van der Waals surface area contributed by atoms with Crippen molar-refractivity contribution in [3.63, 3.8) is 0 Å². The topological polar surface area (TPSA) is 70.8 Å². The second-order valence-electron chi connectivity index (χ2n) is 6.36. The molecular formula is C20H17NO4S. The van der Waals surface area contributed by atoms with E-state index in [1.165, 1.54) is 0 Å². The molecule has 6 heteroatoms. The highest BCUT2D eigenvalue weighted by Gasteiger charge is 2.51. The lowest BCUT2D eigenvalue weighted by Gasteiger charge is -2.22. The van der Waals surface area contributed by atoms with Crippen molar-refractivity contribution >= 4 is 28.7 Å². The van der Waals surface area contributed by atoms with Gasteiger partial charge in [-0.05, 0) is 36.6 Å². The normalized spacial score (nSPS) is 19.0. The molecule has 2 aromatic heterocycles. The zero-order valence-electron chi connectivity index (χ0n) is 14.1. The number of amides is 1. The number of carbonyl (C=O) groups is 2. The quantitative estimate of drug-likeness (QED) is 0.699. The van der Waals surface area contributed by atoms with E-state index in [0.717, 1.165) is 4.88 Å². The first-order valence-corrected chi connectivity index (χ1v) is 9.13. The van der Waals surface area contributed by atoms with Crippen molar-refractivity contribution in [2.45, 2.75) is 25.5 Å². The summed E-state index contributed by atoms with van der Waals surface area (Å²) in [5, 5.41) is 13.1. The van der Waals surface area contributed by atoms with Crippen LogP contribution in [0.25, 0.3) is 0 Å². The number of ketones is 1. The van der Waals surface area contributed by atoms with Gasteiger partial charge in [-0.1, -0.05) is 24.3 Å². The van der Waals surface area contributed by atoms with Gasteiger partial charge in [-0.15, -0.1) is 11.3 Å². The number of fused-ring (bicyclic) bond motifs is 1. The number of thiophene rings is 1. The van der Waals surface area contributed by atoms with Gasteiger partial charge in [0.05, 0.1) is 18.7 Å². The van der Waals surface area contributed by atoms with Gasteiger partial charge in [-0.3, -0.25) is 9.59 Å². The summed E-state index contributed by atoms with van der Waals surface area (Å²) in [6.45, 7) is 2.11. The van der Waals surface area contributed by atoms with Crippen LogP contribution in [0.2, 0.25) is 0 Å². The minimum absolute atomic E-state index is 0.151. The van der Waals surface area contributed by atoms with Crippen LogP contribution in [0.4, 0.5) is 5.69 Å². The molecule has 1 aromatic carbocycles. The van der Waals surface area contributed by atoms with E-state index in [4.69, 9.17) is 4.42 Å². The number of aliphatic hydroxyl groups is 1. The smallest absolute Gasteiger partial charge is 0.264 e. The fraction of sp³-hybridized carbons (Fsp3) is 0.200. The van der Waals surface area contributed by atoms with E-state index in [-0.39, 0.29) is 12.2 Å². The molecule has 0 aliphatic carbocycles. The minimum atomic E-state index is -1.88. The van der Waals surface area contributed by atoms with E-state index >= 15 is 0 Å². The summed E-state index contributed by atoms with van der Waals surface area (Å²) in [6, 6.07) is 14.2. The van der Waals surface area contributed by atoms with Crippen LogP contribution in [-0.4, -0.2) is 16.8 Å². The SMILES string of the molecule is Cc1ccc(C(=O)CC2(O)C(=O)N(Cc3cccs3)c3ccccc32)o1. The van der Waals surface area contributed by atoms with Crippen LogP contribution in [0.1, 0.15) is 33.2 Å². The van der Waals surface area contributed by atoms with E-state index in [9.17, 15) is 14.7 Å². The summed E-state index contributed by atoms with van der Waals surface area (Å²) >= 11 is 1.54. The lowest BCUT2D eigenvalue weighted by Crippen LogP contribution is -2.41. The lowest BCUT2D eigenvalue weighted by molar-refractivity contribution is -0.136. The van der Waals surface area contributed by atoms with Crippen molar-refractivity contribution in [3.8, 4) is 0 Å². The molecule has 132 valence electrons. The fourth-order valence-corrected chi connectivity index (χ4v) is 3.99. The Morgan fingerprint density at radius 2 is 2.00 bits per heavy atom. The molecule has 3 heterocycles. The molecule has 1 aliphatic heterocycles. The number of hydrogen-bond donors (Lipinski definition) is 1. The second kappa shape index (κ2) is 6.23. The average Bonchev–Trinajstić information content (AvgIpc) is 3.33. The standard InChI is InChI=1S/C20H17NO4S/c1-13-8-9-18(25-13)17(22)11-20(24)15-6-2-3-7-16(15)21(19(20)23)12-14-5-4-10-26-14/h2-10,24H,11-12H2,1H3. The van der Waals surface area contributed by atoms with Gasteiger partial charge >= 0.3 is 0 Å². The maximum Gasteiger partial charge on any atom is 0.264 e. The maximum atomic E-state index is 13.1. The van der Waals surface area contributed by atoms with Crippen molar-refractivity contribution in [1.82, 2.24) is 0 Å². The summed E-state index contributed by atoms with van der Waals surface area (Å²) in [5.74, 6) is -0.124. The van der Waals surface area contributed by atoms with E-state index in [1.54, 1.807) is 53.5 Å². The molecule has 3 aromatic rings. The lowest BCUT2D eigenvalue weighted by atomic mass is 9.89. The number of nitrogens with zero attached hydrogens (tertiary/aromatic N) is 1. The van der Waals surface area contributed by atoms with E-state index in [0.29, 0.717) is 23.6 Å². The molecule has 0 saturated carbocycles. The molecule has 0 fully saturated rings. The summed E-state index contributed by atoms with van der Waals surface area (Å²) in [4.78, 5) is 28.2. The number of furan rings is 1. The van der Waals surface area contributed by atoms with Crippen LogP contribution in [-0.2, 0) is 16.9 Å². The number of carbonyl (C=O) groups excluding carboxylic acids is 2. The Balaban J connectivity index is 1.69. The molecule has 0 spiro atoms. The van der Waals surface area contributed by atoms with E-state index < -0.39 is 17.3 Å². The zero-order chi connectivity index (χ0) is 18.3. The molecule has 1 aliphatic rings. The number of para-hydroxylation sites is 1. The monoisotopic (exact) mass is 367 g/mol. The van der Waals surface area contributed by atoms with Gasteiger partial charge in [-0.2, -0.15) is 0 Å². The summed E-state index contributed by atoms with van der Waals surface area (Å²) < 4.78 is 5.35. The van der Waals surface area contributed by atoms with Crippen molar-refractivity contribution in [2.75, 3.05) is 4.90 Å². The molecular weight excluding hydrogens is 350 g/mol. The average molecular weight is 367 g/mol. The number of rotatable bonds is 5. The molecule has 0 bridgehead atoms. The third kappa shape index (κ3) is 2.67. The highest BCUT2D eigenvalue weighted by atomic mass is 32.1. The summed E-state index contributed by atoms with van der Waals surface area (Å²) in [5.41, 5.74) is -0.791. The highest BCUT2D eigenvalue weighted by molar-refractivity contribution is 7.09. The third-order valence-electron chi connectivity index (χ3n) is 4.56. The number of aryl methyl sites for hydroxylation is 1. The number of anilines is 1. The van der Waals surface area contributed by atoms with Gasteiger partial charge in [0.15, 0.2) is 11.4 Å². The second-order valence-corrected chi connectivity index (χ2v) is 7.39. The van der Waals surface area contributed by atoms with Crippen LogP contribution in [0, 0.1) is 6.92 Å². The molecule has 0 radical (unpaired) electrons. The van der Waals surface area contributed by atoms with Gasteiger partial charge in [0, 0.05) is 10.4 Å². The van der Waals surface area contributed by atoms with Crippen LogP contribution < -0.4 is 4.90 Å². The van der Waals surface area contributed by atoms with Crippen LogP contribution >= 0.6 is 11.3 Å². The number of Topliss-reactive ketones (excluding diaryl/α,β-unsaturated/α-hetero) is 1. The molecule has 1 amide bonds. The van der Waals surface area contributed by atoms with Gasteiger partial charge < -0.3 is 14.4 Å². The predicted molar refractivity (Wildman–Crippen MR) is 98.2 cm³/mol. The van der Waals surface area contributed by atoms with Crippen molar-refractivity contribution in [3.05, 3.63) is 75.9 Å². The maximum absolute atomic E-state index is 13.1. The Morgan fingerprint density at radius 1 is 1.19 bits per heavy atom. The first kappa shape index (κ1) is 16.8. The van der Waals surface area contributed by atoms with E-state index in [1.807, 2.05) is 23.6 Å². The molecule has 1 N–H and O–H groups in total. The largest absolute Gasteiger partial charge is 0.458 e. The first-order valence-electron chi connectivity index (χ1n) is 8.25. The van der Waals surface area contributed by atoms with Gasteiger partial charge in [0.1, 0.15) is 5.76 Å². The molecule has 1 atom stereocenters. The van der Waals surface area contributed by atoms with Crippen molar-refractivity contribution < 1.29 is 19.1 Å². The van der Waals surface area contributed by atoms with Crippen LogP contribution in [0.15, 0.2) is 58.3 Å².